The van der Waals surface area contributed by atoms with E-state index in [4.69, 9.17) is 16.9 Å². The van der Waals surface area contributed by atoms with Crippen LogP contribution in [0.4, 0.5) is 10.1 Å². The molecule has 1 heterocycles. The van der Waals surface area contributed by atoms with Crippen molar-refractivity contribution in [3.05, 3.63) is 28.5 Å². The molecule has 0 unspecified atom stereocenters. The van der Waals surface area contributed by atoms with Gasteiger partial charge in [0.15, 0.2) is 0 Å². The van der Waals surface area contributed by atoms with Gasteiger partial charge >= 0.3 is 0 Å². The quantitative estimate of drug-likeness (QED) is 0.910. The Labute approximate surface area is 123 Å². The Bertz CT molecular complexity index is 562. The van der Waals surface area contributed by atoms with Crippen LogP contribution in [0, 0.1) is 23.1 Å². The maximum Gasteiger partial charge on any atom is 0.147 e. The summed E-state index contributed by atoms with van der Waals surface area (Å²) in [6, 6.07) is 4.54. The second kappa shape index (κ2) is 5.23. The molecule has 1 saturated heterocycles. The van der Waals surface area contributed by atoms with Crippen molar-refractivity contribution < 1.29 is 9.50 Å². The fourth-order valence-corrected chi connectivity index (χ4v) is 3.27. The summed E-state index contributed by atoms with van der Waals surface area (Å²) < 4.78 is 14.2. The number of rotatable bonds is 2. The molecule has 1 aromatic rings. The second-order valence-corrected chi connectivity index (χ2v) is 6.29. The summed E-state index contributed by atoms with van der Waals surface area (Å²) in [6.45, 7) is 6.19. The van der Waals surface area contributed by atoms with Crippen LogP contribution in [-0.2, 0) is 0 Å². The molecule has 0 radical (unpaired) electrons. The lowest BCUT2D eigenvalue weighted by molar-refractivity contribution is 0.0156. The maximum atomic E-state index is 14.2. The summed E-state index contributed by atoms with van der Waals surface area (Å²) in [6.07, 6.45) is 0.793. The fourth-order valence-electron chi connectivity index (χ4n) is 3.07. The van der Waals surface area contributed by atoms with E-state index in [0.717, 1.165) is 6.42 Å². The van der Waals surface area contributed by atoms with Gasteiger partial charge in [0.25, 0.3) is 0 Å². The number of anilines is 1. The highest BCUT2D eigenvalue weighted by molar-refractivity contribution is 6.32. The summed E-state index contributed by atoms with van der Waals surface area (Å²) >= 11 is 5.99. The van der Waals surface area contributed by atoms with Crippen molar-refractivity contribution >= 4 is 17.3 Å². The highest BCUT2D eigenvalue weighted by atomic mass is 35.5. The van der Waals surface area contributed by atoms with E-state index in [1.807, 2.05) is 17.9 Å². The number of aliphatic hydroxyl groups is 1. The lowest BCUT2D eigenvalue weighted by Crippen LogP contribution is -2.40. The minimum atomic E-state index is -0.805. The monoisotopic (exact) mass is 296 g/mol. The van der Waals surface area contributed by atoms with Gasteiger partial charge in [-0.25, -0.2) is 4.39 Å². The van der Waals surface area contributed by atoms with Crippen LogP contribution in [0.15, 0.2) is 12.1 Å². The first-order valence-corrected chi connectivity index (χ1v) is 7.01. The second-order valence-electron chi connectivity index (χ2n) is 5.88. The Morgan fingerprint density at radius 3 is 2.65 bits per heavy atom. The average Bonchev–Trinajstić information content (AvgIpc) is 2.73. The molecule has 2 rings (SSSR count). The number of hydrogen-bond donors (Lipinski definition) is 1. The molecule has 1 aliphatic heterocycles. The molecule has 2 atom stereocenters. The van der Waals surface area contributed by atoms with E-state index in [1.54, 1.807) is 13.8 Å². The predicted octanol–water partition coefficient (Wildman–Crippen LogP) is 3.34. The molecule has 108 valence electrons. The van der Waals surface area contributed by atoms with Gasteiger partial charge in [-0.15, -0.1) is 0 Å². The van der Waals surface area contributed by atoms with Gasteiger partial charge in [0.2, 0.25) is 0 Å². The van der Waals surface area contributed by atoms with Crippen molar-refractivity contribution in [3.63, 3.8) is 0 Å². The Morgan fingerprint density at radius 2 is 2.15 bits per heavy atom. The van der Waals surface area contributed by atoms with Crippen LogP contribution >= 0.6 is 11.6 Å². The van der Waals surface area contributed by atoms with Gasteiger partial charge in [0.05, 0.1) is 21.9 Å². The van der Waals surface area contributed by atoms with E-state index in [2.05, 4.69) is 0 Å². The first-order chi connectivity index (χ1) is 9.25. The van der Waals surface area contributed by atoms with Gasteiger partial charge in [0.1, 0.15) is 11.9 Å². The van der Waals surface area contributed by atoms with Crippen LogP contribution in [0.5, 0.6) is 0 Å². The molecule has 0 amide bonds. The molecule has 0 bridgehead atoms. The van der Waals surface area contributed by atoms with Crippen molar-refractivity contribution in [2.45, 2.75) is 38.8 Å². The van der Waals surface area contributed by atoms with Gasteiger partial charge in [-0.2, -0.15) is 5.26 Å². The molecule has 0 spiro atoms. The Morgan fingerprint density at radius 1 is 1.50 bits per heavy atom. The molecule has 1 N–H and O–H groups in total. The lowest BCUT2D eigenvalue weighted by Gasteiger charge is -2.33. The standard InChI is InChI=1S/C15H18ClFN2O/c1-9-11(15(2,3)20)4-5-19(9)14-7-12(16)10(8-18)6-13(14)17/h6-7,9,11,20H,4-5H2,1-3H3/t9-,11-/m0/s1. The number of nitrogens with zero attached hydrogens (tertiary/aromatic N) is 2. The number of benzene rings is 1. The maximum absolute atomic E-state index is 14.2. The SMILES string of the molecule is C[C@H]1[C@@H](C(C)(C)O)CCN1c1cc(Cl)c(C#N)cc1F. The van der Waals surface area contributed by atoms with Crippen LogP contribution in [0.2, 0.25) is 5.02 Å². The molecule has 1 aliphatic rings. The zero-order valence-electron chi connectivity index (χ0n) is 11.8. The van der Waals surface area contributed by atoms with Crippen molar-refractivity contribution in [2.24, 2.45) is 5.92 Å². The first-order valence-electron chi connectivity index (χ1n) is 6.64. The molecule has 0 aromatic heterocycles. The molecule has 1 fully saturated rings. The summed E-state index contributed by atoms with van der Waals surface area (Å²) in [4.78, 5) is 1.91. The number of nitriles is 1. The Balaban J connectivity index is 2.35. The van der Waals surface area contributed by atoms with Crippen molar-refractivity contribution in [3.8, 4) is 6.07 Å². The third-order valence-corrected chi connectivity index (χ3v) is 4.44. The normalized spacial score (nSPS) is 22.9. The molecule has 20 heavy (non-hydrogen) atoms. The van der Waals surface area contributed by atoms with Gasteiger partial charge < -0.3 is 10.0 Å². The average molecular weight is 297 g/mol. The molecule has 0 aliphatic carbocycles. The Kier molecular flexibility index (Phi) is 3.95. The molecule has 3 nitrogen and oxygen atoms in total. The third-order valence-electron chi connectivity index (χ3n) is 4.13. The molecular weight excluding hydrogens is 279 g/mol. The van der Waals surface area contributed by atoms with Gasteiger partial charge in [0, 0.05) is 18.5 Å². The zero-order chi connectivity index (χ0) is 15.1. The van der Waals surface area contributed by atoms with E-state index < -0.39 is 11.4 Å². The predicted molar refractivity (Wildman–Crippen MR) is 77.3 cm³/mol. The minimum absolute atomic E-state index is 0.00787. The summed E-state index contributed by atoms with van der Waals surface area (Å²) in [5.41, 5.74) is -0.270. The van der Waals surface area contributed by atoms with Crippen LogP contribution < -0.4 is 4.90 Å². The highest BCUT2D eigenvalue weighted by Gasteiger charge is 2.40. The van der Waals surface area contributed by atoms with Gasteiger partial charge in [-0.05, 0) is 39.3 Å². The first kappa shape index (κ1) is 15.1. The van der Waals surface area contributed by atoms with Crippen molar-refractivity contribution in [1.82, 2.24) is 0 Å². The van der Waals surface area contributed by atoms with Crippen LogP contribution in [0.1, 0.15) is 32.8 Å². The van der Waals surface area contributed by atoms with Crippen molar-refractivity contribution in [1.29, 1.82) is 5.26 Å². The number of hydrogen-bond acceptors (Lipinski definition) is 3. The molecule has 1 aromatic carbocycles. The Hall–Kier alpha value is -1.31. The molecular formula is C15H18ClFN2O. The third kappa shape index (κ3) is 2.61. The zero-order valence-corrected chi connectivity index (χ0v) is 12.6. The van der Waals surface area contributed by atoms with Crippen molar-refractivity contribution in [2.75, 3.05) is 11.4 Å². The van der Waals surface area contributed by atoms with E-state index in [0.29, 0.717) is 12.2 Å². The van der Waals surface area contributed by atoms with E-state index in [9.17, 15) is 9.50 Å². The highest BCUT2D eigenvalue weighted by Crippen LogP contribution is 2.38. The van der Waals surface area contributed by atoms with Gasteiger partial charge in [-0.1, -0.05) is 11.6 Å². The van der Waals surface area contributed by atoms with Crippen LogP contribution in [0.3, 0.4) is 0 Å². The van der Waals surface area contributed by atoms with Gasteiger partial charge in [-0.3, -0.25) is 0 Å². The van der Waals surface area contributed by atoms with E-state index in [-0.39, 0.29) is 22.5 Å². The summed E-state index contributed by atoms with van der Waals surface area (Å²) in [5, 5.41) is 19.3. The molecule has 0 saturated carbocycles. The van der Waals surface area contributed by atoms with Crippen LogP contribution in [-0.4, -0.2) is 23.3 Å². The largest absolute Gasteiger partial charge is 0.390 e. The van der Waals surface area contributed by atoms with E-state index >= 15 is 0 Å². The minimum Gasteiger partial charge on any atom is -0.390 e. The topological polar surface area (TPSA) is 47.3 Å². The van der Waals surface area contributed by atoms with Crippen LogP contribution in [0.25, 0.3) is 0 Å². The van der Waals surface area contributed by atoms with E-state index in [1.165, 1.54) is 12.1 Å². The summed E-state index contributed by atoms with van der Waals surface area (Å²) in [7, 11) is 0. The summed E-state index contributed by atoms with van der Waals surface area (Å²) in [5.74, 6) is -0.384. The lowest BCUT2D eigenvalue weighted by atomic mass is 9.85. The number of halogens is 2. The fraction of sp³-hybridized carbons (Fsp3) is 0.533. The smallest absolute Gasteiger partial charge is 0.147 e. The molecule has 5 heteroatoms.